The fraction of sp³-hybridized carbons (Fsp3) is 0.500. The topological polar surface area (TPSA) is 0 Å². The van der Waals surface area contributed by atoms with Crippen LogP contribution in [-0.4, -0.2) is 0 Å². The number of halogens is 2. The van der Waals surface area contributed by atoms with Gasteiger partial charge in [-0.3, -0.25) is 0 Å². The number of rotatable bonds is 4. The van der Waals surface area contributed by atoms with Crippen molar-refractivity contribution in [2.45, 2.75) is 75.0 Å². The van der Waals surface area contributed by atoms with Crippen molar-refractivity contribution < 1.29 is 48.0 Å². The molecule has 0 radical (unpaired) electrons. The summed E-state index contributed by atoms with van der Waals surface area (Å²) in [5.41, 5.74) is 14.3. The summed E-state index contributed by atoms with van der Waals surface area (Å²) in [5, 5.41) is 0. The maximum Gasteiger partial charge on any atom is -1.00 e. The maximum atomic E-state index is 2.58. The predicted molar refractivity (Wildman–Crippen MR) is 107 cm³/mol. The summed E-state index contributed by atoms with van der Waals surface area (Å²) in [6.07, 6.45) is 5.01. The van der Waals surface area contributed by atoms with Crippen molar-refractivity contribution in [1.29, 1.82) is 0 Å². The summed E-state index contributed by atoms with van der Waals surface area (Å²) in [6, 6.07) is 4.82. The number of benzene rings is 1. The minimum absolute atomic E-state index is 0. The van der Waals surface area contributed by atoms with E-state index < -0.39 is 23.2 Å². The Bertz CT molecular complexity index is 829. The standard InChI is InChI=1S/C12H13.C12H19.2ClH.Zr/c1-8-4-10(3)12-7-9(2)6-11(12)5-8;1-6-7-12-10(4)8(2)9(3)11(12)5;;;/h4-7H,1-3H3;6-7H2,1-5H3;2*1H;/q;;;;+2/p-2. The molecule has 0 aromatic heterocycles. The van der Waals surface area contributed by atoms with Gasteiger partial charge in [0.15, 0.2) is 0 Å². The van der Waals surface area contributed by atoms with Crippen LogP contribution in [0.15, 0.2) is 40.0 Å². The molecule has 0 aliphatic heterocycles. The molecule has 27 heavy (non-hydrogen) atoms. The molecule has 0 amide bonds. The van der Waals surface area contributed by atoms with E-state index in [4.69, 9.17) is 0 Å². The number of fused-ring (bicyclic) bond motifs is 1. The van der Waals surface area contributed by atoms with Crippen LogP contribution in [0.3, 0.4) is 0 Å². The van der Waals surface area contributed by atoms with Gasteiger partial charge in [0.2, 0.25) is 0 Å². The van der Waals surface area contributed by atoms with Gasteiger partial charge in [0, 0.05) is 0 Å². The average Bonchev–Trinajstić information content (AvgIpc) is 2.93. The first-order valence-electron chi connectivity index (χ1n) is 9.66. The molecule has 0 saturated heterocycles. The summed E-state index contributed by atoms with van der Waals surface area (Å²) >= 11 is -0.740. The van der Waals surface area contributed by atoms with Crippen molar-refractivity contribution in [3.05, 3.63) is 62.3 Å². The Hall–Kier alpha value is -0.0969. The SMILES string of the molecule is CCCC1=C(C)C(C)=C(C)[C]1(C)[Zr+2][CH]1C(C)=Cc2c(C)cc(C)cc21.[Cl-].[Cl-]. The summed E-state index contributed by atoms with van der Waals surface area (Å²) < 4.78 is 1.11. The molecule has 0 heterocycles. The van der Waals surface area contributed by atoms with Crippen LogP contribution in [0.1, 0.15) is 80.3 Å². The minimum Gasteiger partial charge on any atom is -1.00 e. The van der Waals surface area contributed by atoms with Gasteiger partial charge in [0.1, 0.15) is 0 Å². The molecule has 2 aliphatic carbocycles. The Morgan fingerprint density at radius 2 is 1.59 bits per heavy atom. The summed E-state index contributed by atoms with van der Waals surface area (Å²) in [6.45, 7) is 19.0. The van der Waals surface area contributed by atoms with Gasteiger partial charge in [-0.25, -0.2) is 0 Å². The number of hydrogen-bond donors (Lipinski definition) is 0. The Morgan fingerprint density at radius 3 is 2.19 bits per heavy atom. The third kappa shape index (κ3) is 4.12. The van der Waals surface area contributed by atoms with Crippen LogP contribution in [0.5, 0.6) is 0 Å². The summed E-state index contributed by atoms with van der Waals surface area (Å²) in [7, 11) is 0. The van der Waals surface area contributed by atoms with Crippen molar-refractivity contribution in [2.24, 2.45) is 0 Å². The van der Waals surface area contributed by atoms with Crippen molar-refractivity contribution in [3.63, 3.8) is 0 Å². The van der Waals surface area contributed by atoms with Crippen LogP contribution in [0.25, 0.3) is 6.08 Å². The van der Waals surface area contributed by atoms with Gasteiger partial charge in [0.25, 0.3) is 0 Å². The van der Waals surface area contributed by atoms with Crippen LogP contribution < -0.4 is 24.8 Å². The predicted octanol–water partition coefficient (Wildman–Crippen LogP) is 1.50. The molecule has 1 aromatic rings. The second-order valence-corrected chi connectivity index (χ2v) is 12.9. The number of hydrogen-bond acceptors (Lipinski definition) is 0. The Morgan fingerprint density at radius 1 is 0.963 bits per heavy atom. The molecule has 2 atom stereocenters. The molecule has 0 N–H and O–H groups in total. The van der Waals surface area contributed by atoms with Gasteiger partial charge in [-0.15, -0.1) is 0 Å². The molecule has 3 rings (SSSR count). The third-order valence-corrected chi connectivity index (χ3v) is 12.2. The molecule has 0 bridgehead atoms. The molecule has 1 aromatic carbocycles. The second-order valence-electron chi connectivity index (χ2n) is 8.28. The van der Waals surface area contributed by atoms with Crippen molar-refractivity contribution >= 4 is 6.08 Å². The van der Waals surface area contributed by atoms with Gasteiger partial charge >= 0.3 is 167 Å². The van der Waals surface area contributed by atoms with E-state index in [0.29, 0.717) is 3.12 Å². The Balaban J connectivity index is 0.00000182. The van der Waals surface area contributed by atoms with E-state index in [1.165, 1.54) is 29.5 Å². The van der Waals surface area contributed by atoms with E-state index >= 15 is 0 Å². The molecule has 0 nitrogen and oxygen atoms in total. The monoisotopic (exact) mass is 480 g/mol. The molecule has 2 aliphatic rings. The van der Waals surface area contributed by atoms with Gasteiger partial charge < -0.3 is 24.8 Å². The zero-order valence-corrected chi connectivity index (χ0v) is 21.9. The first-order valence-corrected chi connectivity index (χ1v) is 12.3. The Kier molecular flexibility index (Phi) is 8.45. The van der Waals surface area contributed by atoms with Crippen LogP contribution in [0.2, 0.25) is 3.12 Å². The molecule has 0 saturated carbocycles. The van der Waals surface area contributed by atoms with E-state index in [1.54, 1.807) is 33.4 Å². The zero-order chi connectivity index (χ0) is 18.5. The Labute approximate surface area is 190 Å². The molecular weight excluding hydrogens is 450 g/mol. The molecule has 0 spiro atoms. The van der Waals surface area contributed by atoms with E-state index in [0.717, 1.165) is 3.63 Å². The van der Waals surface area contributed by atoms with Crippen LogP contribution in [0.4, 0.5) is 0 Å². The van der Waals surface area contributed by atoms with Crippen molar-refractivity contribution in [2.75, 3.05) is 0 Å². The largest absolute Gasteiger partial charge is 1.00 e. The van der Waals surface area contributed by atoms with Crippen molar-refractivity contribution in [3.8, 4) is 0 Å². The fourth-order valence-corrected chi connectivity index (χ4v) is 10.2. The van der Waals surface area contributed by atoms with E-state index in [2.05, 4.69) is 73.6 Å². The molecule has 0 fully saturated rings. The van der Waals surface area contributed by atoms with E-state index in [1.807, 2.05) is 0 Å². The molecule has 146 valence electrons. The second kappa shape index (κ2) is 9.15. The van der Waals surface area contributed by atoms with E-state index in [-0.39, 0.29) is 24.8 Å². The first-order chi connectivity index (χ1) is 11.7. The van der Waals surface area contributed by atoms with Gasteiger partial charge in [-0.1, -0.05) is 0 Å². The number of aryl methyl sites for hydroxylation is 2. The average molecular weight is 483 g/mol. The minimum atomic E-state index is -0.740. The fourth-order valence-electron chi connectivity index (χ4n) is 4.85. The first kappa shape index (κ1) is 24.9. The van der Waals surface area contributed by atoms with Gasteiger partial charge in [0.05, 0.1) is 0 Å². The number of allylic oxidation sites excluding steroid dienone is 5. The zero-order valence-electron chi connectivity index (χ0n) is 18.0. The third-order valence-electron chi connectivity index (χ3n) is 6.57. The molecule has 3 heteroatoms. The van der Waals surface area contributed by atoms with Gasteiger partial charge in [-0.2, -0.15) is 0 Å². The molecule has 2 unspecified atom stereocenters. The van der Waals surface area contributed by atoms with Crippen molar-refractivity contribution in [1.82, 2.24) is 0 Å². The van der Waals surface area contributed by atoms with E-state index in [9.17, 15) is 0 Å². The quantitative estimate of drug-likeness (QED) is 0.610. The normalized spacial score (nSPS) is 23.6. The maximum absolute atomic E-state index is 2.58. The molecular formula is C24H32Cl2Zr. The summed E-state index contributed by atoms with van der Waals surface area (Å²) in [5.74, 6) is 0. The smallest absolute Gasteiger partial charge is 1.00 e. The van der Waals surface area contributed by atoms with Crippen LogP contribution in [-0.2, 0) is 23.2 Å². The van der Waals surface area contributed by atoms with Gasteiger partial charge in [-0.05, 0) is 0 Å². The summed E-state index contributed by atoms with van der Waals surface area (Å²) in [4.78, 5) is 0. The van der Waals surface area contributed by atoms with Crippen LogP contribution >= 0.6 is 0 Å². The van der Waals surface area contributed by atoms with Crippen LogP contribution in [0, 0.1) is 13.8 Å².